The molecule has 0 aliphatic rings. The molecule has 3 N–H and O–H groups in total. The highest BCUT2D eigenvalue weighted by Gasteiger charge is 2.16. The molecule has 7 heteroatoms. The Bertz CT molecular complexity index is 567. The summed E-state index contributed by atoms with van der Waals surface area (Å²) in [6.45, 7) is 1.68. The number of aromatic nitrogens is 2. The van der Waals surface area contributed by atoms with Crippen LogP contribution >= 0.6 is 11.6 Å². The van der Waals surface area contributed by atoms with Crippen LogP contribution in [0.15, 0.2) is 28.8 Å². The number of carbonyl (C=O) groups is 1. The van der Waals surface area contributed by atoms with Crippen LogP contribution in [0.1, 0.15) is 18.8 Å². The van der Waals surface area contributed by atoms with Crippen LogP contribution in [-0.4, -0.2) is 22.6 Å². The first-order valence-electron chi connectivity index (χ1n) is 5.69. The van der Waals surface area contributed by atoms with Gasteiger partial charge in [-0.3, -0.25) is 4.79 Å². The number of benzene rings is 1. The van der Waals surface area contributed by atoms with E-state index in [-0.39, 0.29) is 18.5 Å². The van der Waals surface area contributed by atoms with E-state index >= 15 is 0 Å². The summed E-state index contributed by atoms with van der Waals surface area (Å²) in [6.07, 6.45) is 0. The average Bonchev–Trinajstić information content (AvgIpc) is 2.89. The van der Waals surface area contributed by atoms with Crippen molar-refractivity contribution >= 4 is 17.5 Å². The summed E-state index contributed by atoms with van der Waals surface area (Å²) in [5.74, 6) is 0.498. The zero-order valence-corrected chi connectivity index (χ0v) is 11.0. The van der Waals surface area contributed by atoms with Crippen molar-refractivity contribution in [2.24, 2.45) is 5.73 Å². The molecule has 1 aromatic carbocycles. The van der Waals surface area contributed by atoms with Gasteiger partial charge in [-0.25, -0.2) is 0 Å². The fourth-order valence-electron chi connectivity index (χ4n) is 1.49. The minimum atomic E-state index is -0.360. The fourth-order valence-corrected chi connectivity index (χ4v) is 1.61. The van der Waals surface area contributed by atoms with Gasteiger partial charge >= 0.3 is 0 Å². The average molecular weight is 281 g/mol. The van der Waals surface area contributed by atoms with Gasteiger partial charge in [-0.05, 0) is 31.2 Å². The summed E-state index contributed by atoms with van der Waals surface area (Å²) in [7, 11) is 0. The molecule has 1 unspecified atom stereocenters. The Labute approximate surface area is 114 Å². The van der Waals surface area contributed by atoms with Crippen LogP contribution in [0.25, 0.3) is 11.5 Å². The third-order valence-electron chi connectivity index (χ3n) is 2.48. The molecular weight excluding hydrogens is 268 g/mol. The molecule has 19 heavy (non-hydrogen) atoms. The lowest BCUT2D eigenvalue weighted by Gasteiger charge is -2.07. The molecule has 0 bridgehead atoms. The molecule has 1 heterocycles. The Balaban J connectivity index is 2.14. The Morgan fingerprint density at radius 1 is 1.47 bits per heavy atom. The molecule has 2 rings (SSSR count). The lowest BCUT2D eigenvalue weighted by molar-refractivity contribution is -0.120. The molecule has 2 aromatic rings. The second kappa shape index (κ2) is 5.81. The molecule has 0 fully saturated rings. The molecule has 0 aliphatic carbocycles. The van der Waals surface area contributed by atoms with Gasteiger partial charge < -0.3 is 15.6 Å². The maximum absolute atomic E-state index is 11.2. The van der Waals surface area contributed by atoms with Crippen molar-refractivity contribution in [3.05, 3.63) is 35.1 Å². The first-order chi connectivity index (χ1) is 9.10. The largest absolute Gasteiger partial charge is 0.345 e. The number of nitrogens with two attached hydrogens (primary N) is 1. The quantitative estimate of drug-likeness (QED) is 0.886. The number of nitrogens with zero attached hydrogens (tertiary/aromatic N) is 2. The smallest absolute Gasteiger partial charge is 0.257 e. The predicted molar refractivity (Wildman–Crippen MR) is 70.4 cm³/mol. The van der Waals surface area contributed by atoms with Crippen molar-refractivity contribution in [3.63, 3.8) is 0 Å². The molecule has 0 aliphatic heterocycles. The number of hydrogen-bond acceptors (Lipinski definition) is 5. The van der Waals surface area contributed by atoms with Gasteiger partial charge in [0, 0.05) is 10.6 Å². The van der Waals surface area contributed by atoms with Crippen LogP contribution in [0, 0.1) is 0 Å². The van der Waals surface area contributed by atoms with E-state index in [9.17, 15) is 4.79 Å². The van der Waals surface area contributed by atoms with Gasteiger partial charge in [-0.1, -0.05) is 16.8 Å². The summed E-state index contributed by atoms with van der Waals surface area (Å²) in [4.78, 5) is 15.4. The standard InChI is InChI=1S/C12H13ClN4O2/c1-7(15-10(18)6-14)11-16-12(19-17-11)8-2-4-9(13)5-3-8/h2-5,7H,6,14H2,1H3,(H,15,18). The maximum Gasteiger partial charge on any atom is 0.257 e. The van der Waals surface area contributed by atoms with Crippen LogP contribution in [0.2, 0.25) is 5.02 Å². The number of carbonyl (C=O) groups excluding carboxylic acids is 1. The number of rotatable bonds is 4. The molecule has 1 aromatic heterocycles. The van der Waals surface area contributed by atoms with Crippen molar-refractivity contribution in [1.82, 2.24) is 15.5 Å². The van der Waals surface area contributed by atoms with Crippen molar-refractivity contribution < 1.29 is 9.32 Å². The summed E-state index contributed by atoms with van der Waals surface area (Å²) in [5, 5.41) is 7.11. The molecule has 1 atom stereocenters. The van der Waals surface area contributed by atoms with E-state index in [1.807, 2.05) is 0 Å². The molecule has 0 saturated heterocycles. The van der Waals surface area contributed by atoms with E-state index in [1.54, 1.807) is 31.2 Å². The molecule has 100 valence electrons. The zero-order valence-electron chi connectivity index (χ0n) is 10.3. The van der Waals surface area contributed by atoms with Gasteiger partial charge in [0.2, 0.25) is 5.91 Å². The summed E-state index contributed by atoms with van der Waals surface area (Å²) in [5.41, 5.74) is 5.98. The third kappa shape index (κ3) is 3.30. The Kier molecular flexibility index (Phi) is 4.13. The molecule has 0 saturated carbocycles. The van der Waals surface area contributed by atoms with Crippen LogP contribution in [0.3, 0.4) is 0 Å². The number of amides is 1. The van der Waals surface area contributed by atoms with Gasteiger partial charge in [0.25, 0.3) is 5.89 Å². The van der Waals surface area contributed by atoms with Gasteiger partial charge in [-0.15, -0.1) is 0 Å². The van der Waals surface area contributed by atoms with E-state index in [1.165, 1.54) is 0 Å². The number of nitrogens with one attached hydrogen (secondary N) is 1. The summed E-state index contributed by atoms with van der Waals surface area (Å²) >= 11 is 5.80. The van der Waals surface area contributed by atoms with E-state index < -0.39 is 0 Å². The topological polar surface area (TPSA) is 94.0 Å². The third-order valence-corrected chi connectivity index (χ3v) is 2.74. The van der Waals surface area contributed by atoms with Crippen LogP contribution in [0.4, 0.5) is 0 Å². The minimum Gasteiger partial charge on any atom is -0.345 e. The van der Waals surface area contributed by atoms with Gasteiger partial charge in [0.05, 0.1) is 12.6 Å². The highest BCUT2D eigenvalue weighted by molar-refractivity contribution is 6.30. The lowest BCUT2D eigenvalue weighted by Crippen LogP contribution is -2.32. The Morgan fingerprint density at radius 2 is 2.16 bits per heavy atom. The first-order valence-corrected chi connectivity index (χ1v) is 6.07. The van der Waals surface area contributed by atoms with Gasteiger partial charge in [0.15, 0.2) is 5.82 Å². The van der Waals surface area contributed by atoms with E-state index in [2.05, 4.69) is 15.5 Å². The SMILES string of the molecule is CC(NC(=O)CN)c1noc(-c2ccc(Cl)cc2)n1. The van der Waals surface area contributed by atoms with E-state index in [4.69, 9.17) is 21.9 Å². The van der Waals surface area contributed by atoms with Crippen molar-refractivity contribution in [3.8, 4) is 11.5 Å². The predicted octanol–water partition coefficient (Wildman–Crippen LogP) is 1.53. The van der Waals surface area contributed by atoms with Crippen molar-refractivity contribution in [2.45, 2.75) is 13.0 Å². The molecule has 0 spiro atoms. The minimum absolute atomic E-state index is 0.0771. The Morgan fingerprint density at radius 3 is 2.79 bits per heavy atom. The molecule has 6 nitrogen and oxygen atoms in total. The molecule has 1 amide bonds. The van der Waals surface area contributed by atoms with Crippen LogP contribution in [-0.2, 0) is 4.79 Å². The maximum atomic E-state index is 11.2. The Hall–Kier alpha value is -1.92. The summed E-state index contributed by atoms with van der Waals surface area (Å²) < 4.78 is 5.14. The second-order valence-electron chi connectivity index (χ2n) is 3.96. The van der Waals surface area contributed by atoms with Gasteiger partial charge in [0.1, 0.15) is 0 Å². The van der Waals surface area contributed by atoms with Crippen molar-refractivity contribution in [2.75, 3.05) is 6.54 Å². The number of hydrogen-bond donors (Lipinski definition) is 2. The molecule has 0 radical (unpaired) electrons. The zero-order chi connectivity index (χ0) is 13.8. The highest BCUT2D eigenvalue weighted by Crippen LogP contribution is 2.21. The highest BCUT2D eigenvalue weighted by atomic mass is 35.5. The summed E-state index contributed by atoms with van der Waals surface area (Å²) in [6, 6.07) is 6.67. The normalized spacial score (nSPS) is 12.2. The van der Waals surface area contributed by atoms with Crippen LogP contribution in [0.5, 0.6) is 0 Å². The van der Waals surface area contributed by atoms with Crippen LogP contribution < -0.4 is 11.1 Å². The first kappa shape index (κ1) is 13.5. The van der Waals surface area contributed by atoms with Gasteiger partial charge in [-0.2, -0.15) is 4.98 Å². The lowest BCUT2D eigenvalue weighted by atomic mass is 10.2. The van der Waals surface area contributed by atoms with E-state index in [0.29, 0.717) is 16.7 Å². The molecular formula is C12H13ClN4O2. The fraction of sp³-hybridized carbons (Fsp3) is 0.250. The monoisotopic (exact) mass is 280 g/mol. The van der Waals surface area contributed by atoms with E-state index in [0.717, 1.165) is 5.56 Å². The number of halogens is 1. The second-order valence-corrected chi connectivity index (χ2v) is 4.39. The van der Waals surface area contributed by atoms with Crippen molar-refractivity contribution in [1.29, 1.82) is 0 Å².